The summed E-state index contributed by atoms with van der Waals surface area (Å²) in [5, 5.41) is 8.88. The molecule has 21 heavy (non-hydrogen) atoms. The number of hydrogen-bond acceptors (Lipinski definition) is 4. The highest BCUT2D eigenvalue weighted by atomic mass is 16.6. The first-order chi connectivity index (χ1) is 9.76. The van der Waals surface area contributed by atoms with Gasteiger partial charge < -0.3 is 14.7 Å². The van der Waals surface area contributed by atoms with Crippen LogP contribution in [0.25, 0.3) is 0 Å². The molecular weight excluding hydrogens is 272 g/mol. The zero-order valence-electron chi connectivity index (χ0n) is 13.2. The fourth-order valence-corrected chi connectivity index (χ4v) is 2.70. The first-order valence-corrected chi connectivity index (χ1v) is 7.69. The molecule has 0 bridgehead atoms. The number of hydrogen-bond donors (Lipinski definition) is 1. The van der Waals surface area contributed by atoms with Gasteiger partial charge in [-0.2, -0.15) is 0 Å². The molecule has 1 aliphatic carbocycles. The first-order valence-electron chi connectivity index (χ1n) is 7.69. The fraction of sp³-hybridized carbons (Fsp3) is 0.867. The van der Waals surface area contributed by atoms with Crippen LogP contribution in [0.5, 0.6) is 0 Å². The number of amides is 1. The highest BCUT2D eigenvalue weighted by molar-refractivity contribution is 5.73. The number of aliphatic carboxylic acids is 1. The van der Waals surface area contributed by atoms with E-state index in [9.17, 15) is 9.59 Å². The van der Waals surface area contributed by atoms with Crippen molar-refractivity contribution in [3.8, 4) is 0 Å². The lowest BCUT2D eigenvalue weighted by molar-refractivity contribution is -0.138. The maximum Gasteiger partial charge on any atom is 0.410 e. The molecule has 120 valence electrons. The van der Waals surface area contributed by atoms with Gasteiger partial charge in [-0.1, -0.05) is 0 Å². The van der Waals surface area contributed by atoms with E-state index in [4.69, 9.17) is 9.84 Å². The predicted octanol–water partition coefficient (Wildman–Crippen LogP) is 1.65. The lowest BCUT2D eigenvalue weighted by Gasteiger charge is -2.35. The smallest absolute Gasteiger partial charge is 0.410 e. The van der Waals surface area contributed by atoms with Crippen LogP contribution in [0.2, 0.25) is 0 Å². The molecular formula is C15H26N2O4. The van der Waals surface area contributed by atoms with Gasteiger partial charge in [0.05, 0.1) is 5.92 Å². The van der Waals surface area contributed by atoms with Crippen molar-refractivity contribution >= 4 is 12.1 Å². The van der Waals surface area contributed by atoms with Gasteiger partial charge in [0.2, 0.25) is 0 Å². The molecule has 0 aromatic carbocycles. The standard InChI is InChI=1S/C15H26N2O4/c1-15(2,3)21-14(20)17-8-6-16(7-9-17)5-4-11-10-12(11)13(18)19/h11-12H,4-10H2,1-3H3,(H,18,19). The van der Waals surface area contributed by atoms with Crippen molar-refractivity contribution in [1.82, 2.24) is 9.80 Å². The van der Waals surface area contributed by atoms with Gasteiger partial charge in [-0.15, -0.1) is 0 Å². The van der Waals surface area contributed by atoms with Gasteiger partial charge in [0.15, 0.2) is 0 Å². The SMILES string of the molecule is CC(C)(C)OC(=O)N1CCN(CCC2CC2C(=O)O)CC1. The molecule has 1 N–H and O–H groups in total. The molecule has 2 unspecified atom stereocenters. The Morgan fingerprint density at radius 3 is 2.29 bits per heavy atom. The van der Waals surface area contributed by atoms with Gasteiger partial charge in [-0.25, -0.2) is 4.79 Å². The summed E-state index contributed by atoms with van der Waals surface area (Å²) >= 11 is 0. The Kier molecular flexibility index (Phi) is 4.76. The van der Waals surface area contributed by atoms with Crippen LogP contribution in [-0.4, -0.2) is 65.3 Å². The number of carbonyl (C=O) groups is 2. The monoisotopic (exact) mass is 298 g/mol. The molecule has 0 spiro atoms. The van der Waals surface area contributed by atoms with Crippen LogP contribution >= 0.6 is 0 Å². The number of rotatable bonds is 4. The van der Waals surface area contributed by atoms with Crippen LogP contribution < -0.4 is 0 Å². The van der Waals surface area contributed by atoms with Gasteiger partial charge in [0.25, 0.3) is 0 Å². The second-order valence-electron chi connectivity index (χ2n) is 7.04. The van der Waals surface area contributed by atoms with Crippen molar-refractivity contribution in [3.05, 3.63) is 0 Å². The normalized spacial score (nSPS) is 26.5. The summed E-state index contributed by atoms with van der Waals surface area (Å²) in [4.78, 5) is 26.8. The van der Waals surface area contributed by atoms with Gasteiger partial charge in [-0.3, -0.25) is 9.69 Å². The molecule has 1 amide bonds. The molecule has 2 fully saturated rings. The van der Waals surface area contributed by atoms with Crippen LogP contribution in [0.15, 0.2) is 0 Å². The average Bonchev–Trinajstić information content (AvgIpc) is 3.14. The molecule has 1 saturated carbocycles. The maximum atomic E-state index is 11.9. The number of carboxylic acids is 1. The van der Waals surface area contributed by atoms with Crippen molar-refractivity contribution in [3.63, 3.8) is 0 Å². The van der Waals surface area contributed by atoms with E-state index < -0.39 is 11.6 Å². The Bertz CT molecular complexity index is 397. The van der Waals surface area contributed by atoms with E-state index in [2.05, 4.69) is 4.90 Å². The van der Waals surface area contributed by atoms with E-state index in [1.807, 2.05) is 20.8 Å². The highest BCUT2D eigenvalue weighted by Crippen LogP contribution is 2.41. The third-order valence-corrected chi connectivity index (χ3v) is 4.08. The van der Waals surface area contributed by atoms with E-state index in [-0.39, 0.29) is 12.0 Å². The van der Waals surface area contributed by atoms with Gasteiger partial charge in [0, 0.05) is 26.2 Å². The molecule has 1 saturated heterocycles. The first kappa shape index (κ1) is 16.1. The van der Waals surface area contributed by atoms with Crippen LogP contribution in [0.4, 0.5) is 4.79 Å². The molecule has 6 heteroatoms. The van der Waals surface area contributed by atoms with Crippen molar-refractivity contribution < 1.29 is 19.4 Å². The summed E-state index contributed by atoms with van der Waals surface area (Å²) in [6.07, 6.45) is 1.53. The maximum absolute atomic E-state index is 11.9. The summed E-state index contributed by atoms with van der Waals surface area (Å²) in [6, 6.07) is 0. The Morgan fingerprint density at radius 2 is 1.81 bits per heavy atom. The Balaban J connectivity index is 1.64. The topological polar surface area (TPSA) is 70.1 Å². The molecule has 0 aromatic heterocycles. The minimum Gasteiger partial charge on any atom is -0.481 e. The van der Waals surface area contributed by atoms with Crippen molar-refractivity contribution in [2.24, 2.45) is 11.8 Å². The van der Waals surface area contributed by atoms with E-state index in [0.29, 0.717) is 19.0 Å². The fourth-order valence-electron chi connectivity index (χ4n) is 2.70. The largest absolute Gasteiger partial charge is 0.481 e. The Morgan fingerprint density at radius 1 is 1.19 bits per heavy atom. The van der Waals surface area contributed by atoms with E-state index in [1.165, 1.54) is 0 Å². The van der Waals surface area contributed by atoms with Crippen LogP contribution in [-0.2, 0) is 9.53 Å². The molecule has 0 aromatic rings. The van der Waals surface area contributed by atoms with Crippen molar-refractivity contribution in [2.45, 2.75) is 39.2 Å². The number of carbonyl (C=O) groups excluding carboxylic acids is 1. The zero-order chi connectivity index (χ0) is 15.6. The third kappa shape index (κ3) is 4.88. The Hall–Kier alpha value is -1.30. The predicted molar refractivity (Wildman–Crippen MR) is 78.1 cm³/mol. The molecule has 1 aliphatic heterocycles. The minimum atomic E-state index is -0.658. The average molecular weight is 298 g/mol. The molecule has 2 rings (SSSR count). The summed E-state index contributed by atoms with van der Waals surface area (Å²) in [5.41, 5.74) is -0.452. The third-order valence-electron chi connectivity index (χ3n) is 4.08. The van der Waals surface area contributed by atoms with Gasteiger partial charge in [-0.05, 0) is 46.1 Å². The summed E-state index contributed by atoms with van der Waals surface area (Å²) in [6.45, 7) is 9.58. The van der Waals surface area contributed by atoms with Crippen LogP contribution in [0.1, 0.15) is 33.6 Å². The van der Waals surface area contributed by atoms with Crippen molar-refractivity contribution in [2.75, 3.05) is 32.7 Å². The zero-order valence-corrected chi connectivity index (χ0v) is 13.2. The van der Waals surface area contributed by atoms with Crippen LogP contribution in [0.3, 0.4) is 0 Å². The second-order valence-corrected chi connectivity index (χ2v) is 7.04. The van der Waals surface area contributed by atoms with Gasteiger partial charge >= 0.3 is 12.1 Å². The second kappa shape index (κ2) is 6.22. The molecule has 2 atom stereocenters. The quantitative estimate of drug-likeness (QED) is 0.854. The highest BCUT2D eigenvalue weighted by Gasteiger charge is 2.42. The number of ether oxygens (including phenoxy) is 1. The lowest BCUT2D eigenvalue weighted by Crippen LogP contribution is -2.50. The molecule has 6 nitrogen and oxygen atoms in total. The number of piperazine rings is 1. The number of carboxylic acid groups (broad SMARTS) is 1. The van der Waals surface area contributed by atoms with E-state index in [1.54, 1.807) is 4.90 Å². The molecule has 1 heterocycles. The summed E-state index contributed by atoms with van der Waals surface area (Å²) in [7, 11) is 0. The lowest BCUT2D eigenvalue weighted by atomic mass is 10.2. The van der Waals surface area contributed by atoms with E-state index in [0.717, 1.165) is 32.5 Å². The minimum absolute atomic E-state index is 0.118. The van der Waals surface area contributed by atoms with Gasteiger partial charge in [0.1, 0.15) is 5.60 Å². The summed E-state index contributed by atoms with van der Waals surface area (Å²) < 4.78 is 5.36. The molecule has 0 radical (unpaired) electrons. The van der Waals surface area contributed by atoms with E-state index >= 15 is 0 Å². The molecule has 2 aliphatic rings. The van der Waals surface area contributed by atoms with Crippen LogP contribution in [0, 0.1) is 11.8 Å². The summed E-state index contributed by atoms with van der Waals surface area (Å²) in [5.74, 6) is -0.422. The Labute approximate surface area is 126 Å². The van der Waals surface area contributed by atoms with Crippen molar-refractivity contribution in [1.29, 1.82) is 0 Å². The number of nitrogens with zero attached hydrogens (tertiary/aromatic N) is 2.